The van der Waals surface area contributed by atoms with Gasteiger partial charge in [0, 0.05) is 6.61 Å². The Morgan fingerprint density at radius 1 is 0.438 bits per heavy atom. The maximum atomic E-state index is 6.28. The van der Waals surface area contributed by atoms with Crippen LogP contribution in [0.15, 0.2) is 48.6 Å². The lowest BCUT2D eigenvalue weighted by Gasteiger charge is -2.18. The minimum absolute atomic E-state index is 0.371. The van der Waals surface area contributed by atoms with E-state index in [1.54, 1.807) is 0 Å². The third-order valence-corrected chi connectivity index (χ3v) is 9.23. The Bertz CT molecular complexity index is 662. The summed E-state index contributed by atoms with van der Waals surface area (Å²) < 4.78 is 12.2. The standard InChI is InChI=1S/C45H85NO2/c1-5-7-9-11-13-15-17-19-21-23-25-27-29-31-33-36-40-45(48-44-47-43-39-35-38-42-46(3)4)41-37-34-32-30-28-26-24-22-20-18-16-14-12-10-8-6-2/h13-16,19-22,45H,5-12,17-18,23-44H2,1-4H3/b15-13-,16-14-,21-19-,22-20-. The van der Waals surface area contributed by atoms with Crippen LogP contribution in [0.2, 0.25) is 0 Å². The average molecular weight is 672 g/mol. The van der Waals surface area contributed by atoms with Gasteiger partial charge in [0.15, 0.2) is 0 Å². The first-order valence-electron chi connectivity index (χ1n) is 21.1. The largest absolute Gasteiger partial charge is 0.355 e. The van der Waals surface area contributed by atoms with Crippen LogP contribution in [-0.2, 0) is 9.47 Å². The second-order valence-electron chi connectivity index (χ2n) is 14.4. The zero-order valence-corrected chi connectivity index (χ0v) is 33.1. The Morgan fingerprint density at radius 3 is 1.27 bits per heavy atom. The normalized spacial score (nSPS) is 12.5. The first-order valence-corrected chi connectivity index (χ1v) is 21.1. The maximum absolute atomic E-state index is 6.28. The molecule has 0 heterocycles. The summed E-state index contributed by atoms with van der Waals surface area (Å²) in [6.07, 6.45) is 56.6. The Morgan fingerprint density at radius 2 is 0.833 bits per heavy atom. The molecule has 0 aliphatic rings. The number of hydrogen-bond acceptors (Lipinski definition) is 3. The second kappa shape index (κ2) is 42.0. The molecule has 3 nitrogen and oxygen atoms in total. The summed E-state index contributed by atoms with van der Waals surface area (Å²) in [5.74, 6) is 0. The van der Waals surface area contributed by atoms with Gasteiger partial charge in [0.1, 0.15) is 6.79 Å². The third kappa shape index (κ3) is 41.0. The van der Waals surface area contributed by atoms with Crippen molar-refractivity contribution in [2.24, 2.45) is 0 Å². The number of unbranched alkanes of at least 4 members (excludes halogenated alkanes) is 20. The Balaban J connectivity index is 4.00. The SMILES string of the molecule is CCCCC/C=C\C/C=C\CCCCCCCCC(CCCCCCCC/C=C\C/C=C\CCCCC)OCOCCCCCN(C)C. The van der Waals surface area contributed by atoms with Crippen LogP contribution < -0.4 is 0 Å². The van der Waals surface area contributed by atoms with E-state index in [1.807, 2.05) is 0 Å². The van der Waals surface area contributed by atoms with E-state index < -0.39 is 0 Å². The highest BCUT2D eigenvalue weighted by molar-refractivity contribution is 4.93. The smallest absolute Gasteiger partial charge is 0.147 e. The van der Waals surface area contributed by atoms with Gasteiger partial charge in [-0.1, -0.05) is 152 Å². The van der Waals surface area contributed by atoms with Crippen LogP contribution in [0.25, 0.3) is 0 Å². The summed E-state index contributed by atoms with van der Waals surface area (Å²) in [7, 11) is 4.30. The molecule has 3 heteroatoms. The third-order valence-electron chi connectivity index (χ3n) is 9.23. The highest BCUT2D eigenvalue weighted by Gasteiger charge is 2.09. The van der Waals surface area contributed by atoms with Gasteiger partial charge in [-0.05, 0) is 117 Å². The second-order valence-corrected chi connectivity index (χ2v) is 14.4. The van der Waals surface area contributed by atoms with Gasteiger partial charge in [0.2, 0.25) is 0 Å². The van der Waals surface area contributed by atoms with E-state index in [4.69, 9.17) is 9.47 Å². The van der Waals surface area contributed by atoms with Crippen molar-refractivity contribution in [1.82, 2.24) is 4.90 Å². The van der Waals surface area contributed by atoms with Crippen LogP contribution >= 0.6 is 0 Å². The lowest BCUT2D eigenvalue weighted by atomic mass is 10.0. The minimum Gasteiger partial charge on any atom is -0.355 e. The molecular formula is C45H85NO2. The molecule has 282 valence electrons. The minimum atomic E-state index is 0.371. The predicted molar refractivity (Wildman–Crippen MR) is 216 cm³/mol. The summed E-state index contributed by atoms with van der Waals surface area (Å²) in [5, 5.41) is 0. The number of allylic oxidation sites excluding steroid dienone is 8. The Hall–Kier alpha value is -1.16. The van der Waals surface area contributed by atoms with Gasteiger partial charge < -0.3 is 14.4 Å². The first-order chi connectivity index (χ1) is 23.7. The lowest BCUT2D eigenvalue weighted by molar-refractivity contribution is -0.0952. The van der Waals surface area contributed by atoms with Gasteiger partial charge in [-0.25, -0.2) is 0 Å². The Kier molecular flexibility index (Phi) is 41.0. The first kappa shape index (κ1) is 46.8. The summed E-state index contributed by atoms with van der Waals surface area (Å²) in [5.41, 5.74) is 0. The van der Waals surface area contributed by atoms with Crippen molar-refractivity contribution < 1.29 is 9.47 Å². The number of rotatable bonds is 39. The number of hydrogen-bond donors (Lipinski definition) is 0. The van der Waals surface area contributed by atoms with Crippen molar-refractivity contribution in [3.8, 4) is 0 Å². The molecule has 0 bridgehead atoms. The van der Waals surface area contributed by atoms with Gasteiger partial charge in [-0.2, -0.15) is 0 Å². The molecular weight excluding hydrogens is 587 g/mol. The molecule has 0 amide bonds. The fourth-order valence-corrected chi connectivity index (χ4v) is 6.04. The topological polar surface area (TPSA) is 21.7 Å². The van der Waals surface area contributed by atoms with Crippen molar-refractivity contribution in [1.29, 1.82) is 0 Å². The molecule has 0 aromatic rings. The molecule has 48 heavy (non-hydrogen) atoms. The number of nitrogens with zero attached hydrogens (tertiary/aromatic N) is 1. The van der Waals surface area contributed by atoms with Gasteiger partial charge in [0.05, 0.1) is 6.10 Å². The summed E-state index contributed by atoms with van der Waals surface area (Å²) in [6, 6.07) is 0. The van der Waals surface area contributed by atoms with Gasteiger partial charge in [-0.3, -0.25) is 0 Å². The van der Waals surface area contributed by atoms with Crippen molar-refractivity contribution in [3.63, 3.8) is 0 Å². The van der Waals surface area contributed by atoms with Crippen molar-refractivity contribution >= 4 is 0 Å². The summed E-state index contributed by atoms with van der Waals surface area (Å²) in [4.78, 5) is 2.26. The van der Waals surface area contributed by atoms with E-state index >= 15 is 0 Å². The molecule has 0 aliphatic heterocycles. The molecule has 0 spiro atoms. The quantitative estimate of drug-likeness (QED) is 0.0369. The molecule has 0 radical (unpaired) electrons. The van der Waals surface area contributed by atoms with Gasteiger partial charge in [-0.15, -0.1) is 0 Å². The summed E-state index contributed by atoms with van der Waals surface area (Å²) in [6.45, 7) is 7.01. The van der Waals surface area contributed by atoms with Crippen molar-refractivity contribution in [2.75, 3.05) is 34.0 Å². The zero-order chi connectivity index (χ0) is 34.9. The van der Waals surface area contributed by atoms with Crippen molar-refractivity contribution in [3.05, 3.63) is 48.6 Å². The van der Waals surface area contributed by atoms with Crippen LogP contribution in [0.1, 0.15) is 200 Å². The molecule has 0 aromatic heterocycles. The molecule has 0 saturated carbocycles. The molecule has 0 aliphatic carbocycles. The molecule has 0 aromatic carbocycles. The highest BCUT2D eigenvalue weighted by atomic mass is 16.7. The van der Waals surface area contributed by atoms with Gasteiger partial charge >= 0.3 is 0 Å². The Labute approximate surface area is 302 Å². The van der Waals surface area contributed by atoms with Crippen molar-refractivity contribution in [2.45, 2.75) is 206 Å². The predicted octanol–water partition coefficient (Wildman–Crippen LogP) is 14.5. The molecule has 0 atom stereocenters. The van der Waals surface area contributed by atoms with Crippen LogP contribution in [0.5, 0.6) is 0 Å². The molecule has 0 N–H and O–H groups in total. The van der Waals surface area contributed by atoms with E-state index in [2.05, 4.69) is 81.5 Å². The fraction of sp³-hybridized carbons (Fsp3) is 0.822. The van der Waals surface area contributed by atoms with Gasteiger partial charge in [0.25, 0.3) is 0 Å². The van der Waals surface area contributed by atoms with Crippen LogP contribution in [0.4, 0.5) is 0 Å². The van der Waals surface area contributed by atoms with E-state index in [0.29, 0.717) is 12.9 Å². The molecule has 0 saturated heterocycles. The maximum Gasteiger partial charge on any atom is 0.147 e. The fourth-order valence-electron chi connectivity index (χ4n) is 6.04. The van der Waals surface area contributed by atoms with E-state index in [9.17, 15) is 0 Å². The van der Waals surface area contributed by atoms with Crippen LogP contribution in [0, 0.1) is 0 Å². The zero-order valence-electron chi connectivity index (χ0n) is 33.1. The van der Waals surface area contributed by atoms with Crippen LogP contribution in [-0.4, -0.2) is 45.0 Å². The van der Waals surface area contributed by atoms with E-state index in [1.165, 1.54) is 173 Å². The molecule has 0 fully saturated rings. The number of ether oxygens (including phenoxy) is 2. The monoisotopic (exact) mass is 672 g/mol. The van der Waals surface area contributed by atoms with Crippen LogP contribution in [0.3, 0.4) is 0 Å². The average Bonchev–Trinajstić information content (AvgIpc) is 3.08. The lowest BCUT2D eigenvalue weighted by Crippen LogP contribution is -2.16. The van der Waals surface area contributed by atoms with E-state index in [0.717, 1.165) is 25.9 Å². The summed E-state index contributed by atoms with van der Waals surface area (Å²) >= 11 is 0. The molecule has 0 unspecified atom stereocenters. The highest BCUT2D eigenvalue weighted by Crippen LogP contribution is 2.18. The molecule has 0 rings (SSSR count). The van der Waals surface area contributed by atoms with E-state index in [-0.39, 0.29) is 0 Å².